The zero-order valence-corrected chi connectivity index (χ0v) is 11.7. The van der Waals surface area contributed by atoms with E-state index in [0.29, 0.717) is 12.6 Å². The van der Waals surface area contributed by atoms with Crippen LogP contribution >= 0.6 is 0 Å². The second-order valence-electron chi connectivity index (χ2n) is 4.88. The van der Waals surface area contributed by atoms with Crippen molar-refractivity contribution >= 4 is 5.69 Å². The predicted molar refractivity (Wildman–Crippen MR) is 77.9 cm³/mol. The van der Waals surface area contributed by atoms with Crippen LogP contribution in [0.3, 0.4) is 0 Å². The van der Waals surface area contributed by atoms with Crippen molar-refractivity contribution in [2.75, 3.05) is 38.3 Å². The third-order valence-electron chi connectivity index (χ3n) is 3.57. The Labute approximate surface area is 115 Å². The molecule has 1 fully saturated rings. The zero-order chi connectivity index (χ0) is 13.5. The number of nitrogens with two attached hydrogens (primary N) is 1. The first-order valence-electron chi connectivity index (χ1n) is 7.04. The lowest BCUT2D eigenvalue weighted by atomic mass is 10.1. The summed E-state index contributed by atoms with van der Waals surface area (Å²) in [7, 11) is 1.72. The van der Waals surface area contributed by atoms with E-state index in [1.807, 2.05) is 12.1 Å². The lowest BCUT2D eigenvalue weighted by molar-refractivity contribution is 0.0790. The molecule has 1 aliphatic rings. The van der Waals surface area contributed by atoms with E-state index in [-0.39, 0.29) is 0 Å². The summed E-state index contributed by atoms with van der Waals surface area (Å²) in [4.78, 5) is 2.39. The molecule has 0 bridgehead atoms. The number of hydrogen-bond acceptors (Lipinski definition) is 4. The van der Waals surface area contributed by atoms with Crippen molar-refractivity contribution < 1.29 is 9.47 Å². The summed E-state index contributed by atoms with van der Waals surface area (Å²) >= 11 is 0. The van der Waals surface area contributed by atoms with E-state index < -0.39 is 0 Å². The van der Waals surface area contributed by atoms with Gasteiger partial charge in [0, 0.05) is 13.2 Å². The van der Waals surface area contributed by atoms with Crippen LogP contribution in [0.2, 0.25) is 0 Å². The largest absolute Gasteiger partial charge is 0.495 e. The Kier molecular flexibility index (Phi) is 5.48. The molecule has 4 nitrogen and oxygen atoms in total. The SMILES string of the molecule is COc1ccccc1N(CCCN)C1CCCOC1. The maximum atomic E-state index is 5.67. The molecule has 2 N–H and O–H groups in total. The average Bonchev–Trinajstić information content (AvgIpc) is 2.49. The highest BCUT2D eigenvalue weighted by molar-refractivity contribution is 5.59. The lowest BCUT2D eigenvalue weighted by Gasteiger charge is -2.36. The molecule has 4 heteroatoms. The third-order valence-corrected chi connectivity index (χ3v) is 3.57. The molecule has 0 spiro atoms. The van der Waals surface area contributed by atoms with Crippen molar-refractivity contribution in [3.63, 3.8) is 0 Å². The molecule has 2 rings (SSSR count). The summed E-state index contributed by atoms with van der Waals surface area (Å²) in [5.74, 6) is 0.921. The fourth-order valence-corrected chi connectivity index (χ4v) is 2.60. The molecule has 0 aromatic heterocycles. The van der Waals surface area contributed by atoms with Gasteiger partial charge in [-0.1, -0.05) is 12.1 Å². The van der Waals surface area contributed by atoms with Gasteiger partial charge >= 0.3 is 0 Å². The zero-order valence-electron chi connectivity index (χ0n) is 11.7. The number of hydrogen-bond donors (Lipinski definition) is 1. The number of benzene rings is 1. The Bertz CT molecular complexity index is 378. The van der Waals surface area contributed by atoms with Gasteiger partial charge in [0.25, 0.3) is 0 Å². The lowest BCUT2D eigenvalue weighted by Crippen LogP contribution is -2.42. The first-order chi connectivity index (χ1) is 9.36. The average molecular weight is 264 g/mol. The quantitative estimate of drug-likeness (QED) is 0.854. The number of para-hydroxylation sites is 2. The first kappa shape index (κ1) is 14.2. The molecule has 0 saturated carbocycles. The number of nitrogens with zero attached hydrogens (tertiary/aromatic N) is 1. The van der Waals surface area contributed by atoms with Crippen molar-refractivity contribution in [3.05, 3.63) is 24.3 Å². The van der Waals surface area contributed by atoms with Gasteiger partial charge in [0.1, 0.15) is 5.75 Å². The standard InChI is InChI=1S/C15H24N2O2/c1-18-15-8-3-2-7-14(15)17(10-5-9-16)13-6-4-11-19-12-13/h2-3,7-8,13H,4-6,9-12,16H2,1H3. The van der Waals surface area contributed by atoms with Crippen LogP contribution < -0.4 is 15.4 Å². The first-order valence-corrected chi connectivity index (χ1v) is 7.04. The van der Waals surface area contributed by atoms with Crippen molar-refractivity contribution in [3.8, 4) is 5.75 Å². The molecule has 0 amide bonds. The minimum Gasteiger partial charge on any atom is -0.495 e. The number of methoxy groups -OCH3 is 1. The van der Waals surface area contributed by atoms with Crippen LogP contribution in [-0.2, 0) is 4.74 Å². The molecule has 19 heavy (non-hydrogen) atoms. The van der Waals surface area contributed by atoms with Gasteiger partial charge in [0.2, 0.25) is 0 Å². The van der Waals surface area contributed by atoms with Crippen LogP contribution in [0.1, 0.15) is 19.3 Å². The fraction of sp³-hybridized carbons (Fsp3) is 0.600. The highest BCUT2D eigenvalue weighted by Gasteiger charge is 2.23. The molecule has 106 valence electrons. The number of rotatable bonds is 6. The van der Waals surface area contributed by atoms with Gasteiger partial charge in [-0.05, 0) is 37.9 Å². The summed E-state index contributed by atoms with van der Waals surface area (Å²) in [6, 6.07) is 8.60. The van der Waals surface area contributed by atoms with Crippen LogP contribution in [-0.4, -0.2) is 39.5 Å². The Hall–Kier alpha value is -1.26. The van der Waals surface area contributed by atoms with E-state index in [0.717, 1.165) is 44.0 Å². The van der Waals surface area contributed by atoms with E-state index in [1.54, 1.807) is 7.11 Å². The minimum atomic E-state index is 0.427. The van der Waals surface area contributed by atoms with Crippen molar-refractivity contribution in [2.45, 2.75) is 25.3 Å². The minimum absolute atomic E-state index is 0.427. The Morgan fingerprint density at radius 3 is 2.95 bits per heavy atom. The topological polar surface area (TPSA) is 47.7 Å². The van der Waals surface area contributed by atoms with Crippen LogP contribution in [0.4, 0.5) is 5.69 Å². The Morgan fingerprint density at radius 2 is 2.26 bits per heavy atom. The molecule has 1 heterocycles. The summed E-state index contributed by atoms with van der Waals surface area (Å²) < 4.78 is 11.1. The van der Waals surface area contributed by atoms with Gasteiger partial charge in [-0.3, -0.25) is 0 Å². The smallest absolute Gasteiger partial charge is 0.142 e. The summed E-state index contributed by atoms with van der Waals surface area (Å²) in [5.41, 5.74) is 6.81. The van der Waals surface area contributed by atoms with Crippen LogP contribution in [0.5, 0.6) is 5.75 Å². The van der Waals surface area contributed by atoms with Crippen molar-refractivity contribution in [1.82, 2.24) is 0 Å². The number of ether oxygens (including phenoxy) is 2. The second kappa shape index (κ2) is 7.36. The normalized spacial score (nSPS) is 19.2. The molecule has 1 aromatic rings. The molecule has 1 unspecified atom stereocenters. The van der Waals surface area contributed by atoms with E-state index in [2.05, 4.69) is 17.0 Å². The van der Waals surface area contributed by atoms with Gasteiger partial charge in [-0.25, -0.2) is 0 Å². The summed E-state index contributed by atoms with van der Waals surface area (Å²) in [6.45, 7) is 3.33. The molecular weight excluding hydrogens is 240 g/mol. The van der Waals surface area contributed by atoms with Crippen LogP contribution in [0, 0.1) is 0 Å². The van der Waals surface area contributed by atoms with Crippen molar-refractivity contribution in [2.24, 2.45) is 5.73 Å². The molecule has 0 aliphatic carbocycles. The molecular formula is C15H24N2O2. The molecule has 0 radical (unpaired) electrons. The third kappa shape index (κ3) is 3.61. The summed E-state index contributed by atoms with van der Waals surface area (Å²) in [6.07, 6.45) is 3.27. The van der Waals surface area contributed by atoms with Gasteiger partial charge < -0.3 is 20.1 Å². The van der Waals surface area contributed by atoms with E-state index in [1.165, 1.54) is 6.42 Å². The number of anilines is 1. The maximum Gasteiger partial charge on any atom is 0.142 e. The maximum absolute atomic E-state index is 5.67. The Balaban J connectivity index is 2.19. The van der Waals surface area contributed by atoms with Gasteiger partial charge in [0.05, 0.1) is 25.4 Å². The van der Waals surface area contributed by atoms with Crippen LogP contribution in [0.15, 0.2) is 24.3 Å². The van der Waals surface area contributed by atoms with Crippen LogP contribution in [0.25, 0.3) is 0 Å². The fourth-order valence-electron chi connectivity index (χ4n) is 2.60. The Morgan fingerprint density at radius 1 is 1.42 bits per heavy atom. The molecule has 1 aliphatic heterocycles. The molecule has 1 saturated heterocycles. The summed E-state index contributed by atoms with van der Waals surface area (Å²) in [5, 5.41) is 0. The molecule has 1 atom stereocenters. The second-order valence-corrected chi connectivity index (χ2v) is 4.88. The van der Waals surface area contributed by atoms with E-state index in [9.17, 15) is 0 Å². The van der Waals surface area contributed by atoms with E-state index in [4.69, 9.17) is 15.2 Å². The van der Waals surface area contributed by atoms with Gasteiger partial charge in [-0.15, -0.1) is 0 Å². The van der Waals surface area contributed by atoms with Gasteiger partial charge in [-0.2, -0.15) is 0 Å². The van der Waals surface area contributed by atoms with Crippen molar-refractivity contribution in [1.29, 1.82) is 0 Å². The monoisotopic (exact) mass is 264 g/mol. The highest BCUT2D eigenvalue weighted by atomic mass is 16.5. The predicted octanol–water partition coefficient (Wildman–Crippen LogP) is 2.03. The van der Waals surface area contributed by atoms with Gasteiger partial charge in [0.15, 0.2) is 0 Å². The van der Waals surface area contributed by atoms with E-state index >= 15 is 0 Å². The molecule has 1 aromatic carbocycles. The highest BCUT2D eigenvalue weighted by Crippen LogP contribution is 2.31.